The number of hydrogen-bond acceptors (Lipinski definition) is 8. The third-order valence-electron chi connectivity index (χ3n) is 3.08. The molecule has 0 aliphatic heterocycles. The number of aromatic nitrogens is 5. The van der Waals surface area contributed by atoms with Crippen molar-refractivity contribution < 1.29 is 5.11 Å². The maximum atomic E-state index is 9.02. The van der Waals surface area contributed by atoms with E-state index in [0.717, 1.165) is 11.1 Å². The van der Waals surface area contributed by atoms with Crippen LogP contribution >= 0.6 is 11.3 Å². The van der Waals surface area contributed by atoms with Crippen LogP contribution in [0.25, 0.3) is 11.0 Å². The van der Waals surface area contributed by atoms with Crippen LogP contribution in [-0.4, -0.2) is 36.4 Å². The average molecular weight is 305 g/mol. The predicted molar refractivity (Wildman–Crippen MR) is 81.0 cm³/mol. The minimum Gasteiger partial charge on any atom is -0.394 e. The Morgan fingerprint density at radius 3 is 3.05 bits per heavy atom. The number of nitrogens with zero attached hydrogens (tertiary/aromatic N) is 5. The van der Waals surface area contributed by atoms with Gasteiger partial charge in [-0.25, -0.2) is 19.6 Å². The van der Waals surface area contributed by atoms with Crippen molar-refractivity contribution in [3.8, 4) is 0 Å². The zero-order valence-corrected chi connectivity index (χ0v) is 12.2. The largest absolute Gasteiger partial charge is 0.394 e. The van der Waals surface area contributed by atoms with Crippen LogP contribution in [0, 0.1) is 0 Å². The Hall–Kier alpha value is -2.26. The SMILES string of the molecule is CC(Nc1ncnc2c1cnn2CCO)c1csc(N)n1. The number of aliphatic hydroxyl groups excluding tert-OH is 1. The number of aliphatic hydroxyl groups is 1. The molecule has 3 rings (SSSR count). The molecule has 110 valence electrons. The van der Waals surface area contributed by atoms with Crippen LogP contribution in [0.3, 0.4) is 0 Å². The minimum absolute atomic E-state index is 0.0120. The van der Waals surface area contributed by atoms with E-state index >= 15 is 0 Å². The molecule has 0 saturated carbocycles. The van der Waals surface area contributed by atoms with Crippen LogP contribution in [0.15, 0.2) is 17.9 Å². The average Bonchev–Trinajstić information content (AvgIpc) is 3.07. The van der Waals surface area contributed by atoms with Crippen molar-refractivity contribution in [2.75, 3.05) is 17.7 Å². The summed E-state index contributed by atoms with van der Waals surface area (Å²) in [4.78, 5) is 12.7. The van der Waals surface area contributed by atoms with Gasteiger partial charge in [0.15, 0.2) is 10.8 Å². The van der Waals surface area contributed by atoms with Gasteiger partial charge in [-0.15, -0.1) is 11.3 Å². The second kappa shape index (κ2) is 5.62. The molecule has 0 fully saturated rings. The van der Waals surface area contributed by atoms with E-state index < -0.39 is 0 Å². The summed E-state index contributed by atoms with van der Waals surface area (Å²) in [5, 5.41) is 19.8. The maximum absolute atomic E-state index is 9.02. The lowest BCUT2D eigenvalue weighted by Crippen LogP contribution is -2.09. The number of nitrogen functional groups attached to an aromatic ring is 1. The van der Waals surface area contributed by atoms with Gasteiger partial charge in [0.2, 0.25) is 0 Å². The van der Waals surface area contributed by atoms with Gasteiger partial charge in [-0.3, -0.25) is 0 Å². The van der Waals surface area contributed by atoms with Gasteiger partial charge < -0.3 is 16.2 Å². The molecule has 1 atom stereocenters. The number of fused-ring (bicyclic) bond motifs is 1. The molecule has 9 heteroatoms. The lowest BCUT2D eigenvalue weighted by Gasteiger charge is -2.12. The van der Waals surface area contributed by atoms with Crippen LogP contribution in [0.5, 0.6) is 0 Å². The Bertz CT molecular complexity index is 753. The molecule has 0 bridgehead atoms. The fraction of sp³-hybridized carbons (Fsp3) is 0.333. The summed E-state index contributed by atoms with van der Waals surface area (Å²) >= 11 is 1.41. The first-order valence-corrected chi connectivity index (χ1v) is 7.32. The lowest BCUT2D eigenvalue weighted by atomic mass is 10.2. The summed E-state index contributed by atoms with van der Waals surface area (Å²) < 4.78 is 1.65. The Balaban J connectivity index is 1.90. The molecule has 8 nitrogen and oxygen atoms in total. The predicted octanol–water partition coefficient (Wildman–Crippen LogP) is 1.03. The van der Waals surface area contributed by atoms with E-state index in [2.05, 4.69) is 25.4 Å². The van der Waals surface area contributed by atoms with Gasteiger partial charge in [0.25, 0.3) is 0 Å². The van der Waals surface area contributed by atoms with E-state index in [1.807, 2.05) is 12.3 Å². The lowest BCUT2D eigenvalue weighted by molar-refractivity contribution is 0.271. The highest BCUT2D eigenvalue weighted by molar-refractivity contribution is 7.13. The van der Waals surface area contributed by atoms with E-state index in [1.165, 1.54) is 17.7 Å². The minimum atomic E-state index is -0.0298. The van der Waals surface area contributed by atoms with Gasteiger partial charge in [0.1, 0.15) is 12.1 Å². The van der Waals surface area contributed by atoms with Gasteiger partial charge in [0.05, 0.1) is 36.5 Å². The molecule has 3 heterocycles. The van der Waals surface area contributed by atoms with Crippen LogP contribution in [0.4, 0.5) is 10.9 Å². The number of thiazole rings is 1. The fourth-order valence-electron chi connectivity index (χ4n) is 2.04. The van der Waals surface area contributed by atoms with E-state index in [4.69, 9.17) is 10.8 Å². The number of nitrogens with one attached hydrogen (secondary N) is 1. The molecule has 0 aliphatic rings. The summed E-state index contributed by atoms with van der Waals surface area (Å²) in [5.74, 6) is 0.684. The van der Waals surface area contributed by atoms with Crippen molar-refractivity contribution in [2.45, 2.75) is 19.5 Å². The van der Waals surface area contributed by atoms with Crippen molar-refractivity contribution in [3.63, 3.8) is 0 Å². The monoisotopic (exact) mass is 305 g/mol. The first-order valence-electron chi connectivity index (χ1n) is 6.44. The highest BCUT2D eigenvalue weighted by atomic mass is 32.1. The quantitative estimate of drug-likeness (QED) is 0.645. The molecule has 0 saturated heterocycles. The Morgan fingerprint density at radius 1 is 1.48 bits per heavy atom. The van der Waals surface area contributed by atoms with Crippen LogP contribution in [0.2, 0.25) is 0 Å². The van der Waals surface area contributed by atoms with Gasteiger partial charge in [0, 0.05) is 5.38 Å². The van der Waals surface area contributed by atoms with Gasteiger partial charge >= 0.3 is 0 Å². The van der Waals surface area contributed by atoms with Gasteiger partial charge in [-0.1, -0.05) is 0 Å². The van der Waals surface area contributed by atoms with Crippen LogP contribution in [0.1, 0.15) is 18.7 Å². The highest BCUT2D eigenvalue weighted by Gasteiger charge is 2.14. The standard InChI is InChI=1S/C12H15N7OS/c1-7(9-5-21-12(13)18-9)17-10-8-4-16-19(2-3-20)11(8)15-6-14-10/h4-7,20H,2-3H2,1H3,(H2,13,18)(H,14,15,17). The third-order valence-corrected chi connectivity index (χ3v) is 3.77. The second-order valence-corrected chi connectivity index (χ2v) is 5.42. The smallest absolute Gasteiger partial charge is 0.180 e. The summed E-state index contributed by atoms with van der Waals surface area (Å²) in [6.07, 6.45) is 3.16. The van der Waals surface area contributed by atoms with Gasteiger partial charge in [-0.2, -0.15) is 5.10 Å². The molecular formula is C12H15N7OS. The second-order valence-electron chi connectivity index (χ2n) is 4.53. The number of hydrogen-bond donors (Lipinski definition) is 3. The topological polar surface area (TPSA) is 115 Å². The third kappa shape index (κ3) is 2.65. The molecule has 0 aliphatic carbocycles. The van der Waals surface area contributed by atoms with E-state index in [1.54, 1.807) is 10.9 Å². The van der Waals surface area contributed by atoms with Crippen molar-refractivity contribution in [2.24, 2.45) is 0 Å². The number of nitrogens with two attached hydrogens (primary N) is 1. The molecule has 0 spiro atoms. The molecule has 1 unspecified atom stereocenters. The summed E-state index contributed by atoms with van der Waals surface area (Å²) in [5.41, 5.74) is 7.21. The van der Waals surface area contributed by atoms with Crippen molar-refractivity contribution >= 4 is 33.3 Å². The van der Waals surface area contributed by atoms with Gasteiger partial charge in [-0.05, 0) is 6.92 Å². The molecule has 3 aromatic heterocycles. The Labute approximate surface area is 124 Å². The first-order chi connectivity index (χ1) is 10.2. The molecule has 4 N–H and O–H groups in total. The van der Waals surface area contributed by atoms with Crippen molar-refractivity contribution in [3.05, 3.63) is 23.6 Å². The molecule has 0 aromatic carbocycles. The zero-order chi connectivity index (χ0) is 14.8. The fourth-order valence-corrected chi connectivity index (χ4v) is 2.70. The van der Waals surface area contributed by atoms with Crippen LogP contribution < -0.4 is 11.1 Å². The summed E-state index contributed by atoms with van der Waals surface area (Å²) in [6, 6.07) is -0.0298. The summed E-state index contributed by atoms with van der Waals surface area (Å²) in [7, 11) is 0. The molecular weight excluding hydrogens is 290 g/mol. The van der Waals surface area contributed by atoms with Crippen molar-refractivity contribution in [1.29, 1.82) is 0 Å². The van der Waals surface area contributed by atoms with Crippen molar-refractivity contribution in [1.82, 2.24) is 24.7 Å². The Morgan fingerprint density at radius 2 is 2.33 bits per heavy atom. The highest BCUT2D eigenvalue weighted by Crippen LogP contribution is 2.25. The van der Waals surface area contributed by atoms with E-state index in [0.29, 0.717) is 23.1 Å². The molecule has 0 radical (unpaired) electrons. The molecule has 0 amide bonds. The zero-order valence-electron chi connectivity index (χ0n) is 11.4. The summed E-state index contributed by atoms with van der Waals surface area (Å²) in [6.45, 7) is 2.40. The molecule has 3 aromatic rings. The van der Waals surface area contributed by atoms with E-state index in [-0.39, 0.29) is 12.6 Å². The molecule has 21 heavy (non-hydrogen) atoms. The first kappa shape index (κ1) is 13.7. The number of anilines is 2. The number of rotatable bonds is 5. The normalized spacial score (nSPS) is 12.7. The van der Waals surface area contributed by atoms with Crippen LogP contribution in [-0.2, 0) is 6.54 Å². The maximum Gasteiger partial charge on any atom is 0.180 e. The Kier molecular flexibility index (Phi) is 3.67. The van der Waals surface area contributed by atoms with E-state index in [9.17, 15) is 0 Å².